The lowest BCUT2D eigenvalue weighted by Gasteiger charge is -2.35. The average molecular weight is 504 g/mol. The Morgan fingerprint density at radius 2 is 2.11 bits per heavy atom. The lowest BCUT2D eigenvalue weighted by atomic mass is 10.2. The van der Waals surface area contributed by atoms with Crippen LogP contribution in [-0.2, 0) is 8.92 Å². The quantitative estimate of drug-likeness (QED) is 0.268. The molecule has 2 unspecified atom stereocenters. The van der Waals surface area contributed by atoms with Gasteiger partial charge in [-0.15, -0.1) is 0 Å². The average Bonchev–Trinajstić information content (AvgIpc) is 3.25. The molecule has 1 fully saturated rings. The number of ether oxygens (including phenoxy) is 2. The number of nitrogens with zero attached hydrogens (tertiary/aromatic N) is 4. The Morgan fingerprint density at radius 1 is 1.31 bits per heavy atom. The molecular weight excluding hydrogens is 474 g/mol. The zero-order valence-corrected chi connectivity index (χ0v) is 20.7. The first-order valence-electron chi connectivity index (χ1n) is 11.3. The van der Waals surface area contributed by atoms with Gasteiger partial charge in [-0.05, 0) is 51.4 Å². The van der Waals surface area contributed by atoms with Gasteiger partial charge in [0.1, 0.15) is 11.6 Å². The van der Waals surface area contributed by atoms with Crippen LogP contribution in [0, 0.1) is 5.92 Å². The number of fused-ring (bicyclic) bond motifs is 4. The van der Waals surface area contributed by atoms with Crippen molar-refractivity contribution in [1.29, 1.82) is 0 Å². The van der Waals surface area contributed by atoms with E-state index in [2.05, 4.69) is 33.1 Å². The Kier molecular flexibility index (Phi) is 7.33. The fraction of sp³-hybridized carbons (Fsp3) is 0.478. The number of carboxylic acids is 1. The lowest BCUT2D eigenvalue weighted by molar-refractivity contribution is -0.154. The predicted molar refractivity (Wildman–Crippen MR) is 132 cm³/mol. The standard InChI is InChI=1S/C23H29N5O6S/c1-14(13-33-23(2,3)34-35)12-32-16-6-8-24-19(10-16)26-22(31)28-15-7-9-27(11-15)18-5-4-17(21(29)30)25-20(18)28/h4-6,8,10,14-15,35H,7,9,11-13H2,1-3H3,(H,29,30)(H,24,26,31). The molecule has 0 aromatic carbocycles. The molecular formula is C23H29N5O6S. The molecule has 0 radical (unpaired) electrons. The SMILES string of the molecule is CC(COc1ccnc(NC(=O)N2c3nc(C(=O)O)ccc3N3CCC2C3)c1)COC(C)(C)OS. The summed E-state index contributed by atoms with van der Waals surface area (Å²) in [5, 5.41) is 12.2. The summed E-state index contributed by atoms with van der Waals surface area (Å²) in [4.78, 5) is 36.9. The maximum Gasteiger partial charge on any atom is 0.354 e. The minimum Gasteiger partial charge on any atom is -0.493 e. The van der Waals surface area contributed by atoms with Gasteiger partial charge in [-0.2, -0.15) is 0 Å². The van der Waals surface area contributed by atoms with Gasteiger partial charge in [-0.3, -0.25) is 14.4 Å². The topological polar surface area (TPSA) is 126 Å². The number of rotatable bonds is 9. The largest absolute Gasteiger partial charge is 0.493 e. The molecule has 0 aliphatic carbocycles. The normalized spacial score (nSPS) is 17.7. The summed E-state index contributed by atoms with van der Waals surface area (Å²) in [5.74, 6) is -0.663. The zero-order valence-electron chi connectivity index (χ0n) is 19.8. The fourth-order valence-electron chi connectivity index (χ4n) is 3.99. The third kappa shape index (κ3) is 5.77. The van der Waals surface area contributed by atoms with Crippen LogP contribution in [0.5, 0.6) is 5.75 Å². The first-order valence-corrected chi connectivity index (χ1v) is 11.7. The number of hydrogen-bond donors (Lipinski definition) is 3. The van der Waals surface area contributed by atoms with Crippen LogP contribution in [0.4, 0.5) is 22.1 Å². The number of carbonyl (C=O) groups excluding carboxylic acids is 1. The molecule has 2 aromatic heterocycles. The molecule has 2 aromatic rings. The number of carboxylic acid groups (broad SMARTS) is 1. The summed E-state index contributed by atoms with van der Waals surface area (Å²) >= 11 is 3.80. The van der Waals surface area contributed by atoms with Gasteiger partial charge in [0.15, 0.2) is 17.3 Å². The minimum absolute atomic E-state index is 0.0774. The van der Waals surface area contributed by atoms with Crippen molar-refractivity contribution < 1.29 is 28.4 Å². The van der Waals surface area contributed by atoms with Crippen molar-refractivity contribution >= 4 is 42.2 Å². The van der Waals surface area contributed by atoms with Crippen LogP contribution in [-0.4, -0.2) is 65.2 Å². The van der Waals surface area contributed by atoms with Crippen molar-refractivity contribution in [3.8, 4) is 5.75 Å². The molecule has 2 aliphatic heterocycles. The third-order valence-electron chi connectivity index (χ3n) is 5.83. The number of carbonyl (C=O) groups is 2. The first kappa shape index (κ1) is 25.0. The molecule has 2 atom stereocenters. The van der Waals surface area contributed by atoms with Crippen molar-refractivity contribution in [2.45, 2.75) is 39.0 Å². The Balaban J connectivity index is 1.42. The van der Waals surface area contributed by atoms with E-state index >= 15 is 0 Å². The number of anilines is 3. The molecule has 12 heteroatoms. The molecule has 2 amide bonds. The van der Waals surface area contributed by atoms with Crippen molar-refractivity contribution in [1.82, 2.24) is 9.97 Å². The van der Waals surface area contributed by atoms with Crippen LogP contribution in [0.25, 0.3) is 0 Å². The van der Waals surface area contributed by atoms with E-state index in [0.717, 1.165) is 18.7 Å². The van der Waals surface area contributed by atoms with Crippen molar-refractivity contribution in [3.63, 3.8) is 0 Å². The number of thiol groups is 1. The van der Waals surface area contributed by atoms with Gasteiger partial charge in [-0.25, -0.2) is 19.6 Å². The summed E-state index contributed by atoms with van der Waals surface area (Å²) in [6.07, 6.45) is 2.31. The van der Waals surface area contributed by atoms with Crippen molar-refractivity contribution in [2.24, 2.45) is 5.92 Å². The van der Waals surface area contributed by atoms with Gasteiger partial charge >= 0.3 is 12.0 Å². The number of pyridine rings is 2. The number of nitrogens with one attached hydrogen (secondary N) is 1. The smallest absolute Gasteiger partial charge is 0.354 e. The van der Waals surface area contributed by atoms with Crippen LogP contribution < -0.4 is 19.9 Å². The van der Waals surface area contributed by atoms with Crippen LogP contribution in [0.3, 0.4) is 0 Å². The van der Waals surface area contributed by atoms with Crippen LogP contribution in [0.1, 0.15) is 37.7 Å². The molecule has 0 spiro atoms. The Hall–Kier alpha value is -3.09. The highest BCUT2D eigenvalue weighted by Gasteiger charge is 2.40. The number of urea groups is 1. The molecule has 0 saturated carbocycles. The minimum atomic E-state index is -1.14. The second kappa shape index (κ2) is 10.3. The van der Waals surface area contributed by atoms with E-state index in [1.54, 1.807) is 38.2 Å². The van der Waals surface area contributed by atoms with E-state index in [4.69, 9.17) is 13.7 Å². The van der Waals surface area contributed by atoms with E-state index in [1.807, 2.05) is 6.92 Å². The summed E-state index contributed by atoms with van der Waals surface area (Å²) in [5.41, 5.74) is 0.631. The molecule has 11 nitrogen and oxygen atoms in total. The predicted octanol–water partition coefficient (Wildman–Crippen LogP) is 3.43. The molecule has 2 N–H and O–H groups in total. The van der Waals surface area contributed by atoms with Gasteiger partial charge in [0.25, 0.3) is 0 Å². The highest BCUT2D eigenvalue weighted by Crippen LogP contribution is 2.39. The van der Waals surface area contributed by atoms with Crippen molar-refractivity contribution in [3.05, 3.63) is 36.2 Å². The van der Waals surface area contributed by atoms with E-state index in [-0.39, 0.29) is 17.7 Å². The number of amides is 2. The number of hydrogen-bond acceptors (Lipinski definition) is 9. The summed E-state index contributed by atoms with van der Waals surface area (Å²) < 4.78 is 16.5. The van der Waals surface area contributed by atoms with E-state index in [1.165, 1.54) is 11.0 Å². The third-order valence-corrected chi connectivity index (χ3v) is 6.27. The molecule has 4 rings (SSSR count). The highest BCUT2D eigenvalue weighted by atomic mass is 32.1. The molecule has 1 saturated heterocycles. The Morgan fingerprint density at radius 3 is 2.86 bits per heavy atom. The Bertz CT molecular complexity index is 1100. The first-order chi connectivity index (χ1) is 16.7. The zero-order chi connectivity index (χ0) is 25.2. The van der Waals surface area contributed by atoms with Gasteiger partial charge in [0, 0.05) is 31.3 Å². The maximum atomic E-state index is 13.3. The highest BCUT2D eigenvalue weighted by molar-refractivity contribution is 7.75. The van der Waals surface area contributed by atoms with Crippen LogP contribution in [0.2, 0.25) is 0 Å². The fourth-order valence-corrected chi connectivity index (χ4v) is 4.04. The van der Waals surface area contributed by atoms with E-state index in [0.29, 0.717) is 37.1 Å². The van der Waals surface area contributed by atoms with Crippen molar-refractivity contribution in [2.75, 3.05) is 41.4 Å². The number of aromatic nitrogens is 2. The summed E-state index contributed by atoms with van der Waals surface area (Å²) in [6.45, 7) is 7.77. The van der Waals surface area contributed by atoms with E-state index in [9.17, 15) is 14.7 Å². The molecule has 4 heterocycles. The lowest BCUT2D eigenvalue weighted by Crippen LogP contribution is -2.48. The van der Waals surface area contributed by atoms with Crippen LogP contribution >= 0.6 is 12.9 Å². The maximum absolute atomic E-state index is 13.3. The molecule has 35 heavy (non-hydrogen) atoms. The van der Waals surface area contributed by atoms with Gasteiger partial charge in [0.05, 0.1) is 24.9 Å². The molecule has 188 valence electrons. The van der Waals surface area contributed by atoms with Gasteiger partial charge < -0.3 is 19.5 Å². The molecule has 2 bridgehead atoms. The summed E-state index contributed by atoms with van der Waals surface area (Å²) in [6, 6.07) is 5.97. The second-order valence-electron chi connectivity index (χ2n) is 9.13. The van der Waals surface area contributed by atoms with E-state index < -0.39 is 17.8 Å². The van der Waals surface area contributed by atoms with Crippen LogP contribution in [0.15, 0.2) is 30.5 Å². The van der Waals surface area contributed by atoms with Gasteiger partial charge in [-0.1, -0.05) is 6.92 Å². The molecule has 2 aliphatic rings. The number of aromatic carboxylic acids is 1. The Labute approximate surface area is 209 Å². The summed E-state index contributed by atoms with van der Waals surface area (Å²) in [7, 11) is 0. The second-order valence-corrected chi connectivity index (χ2v) is 9.31. The monoisotopic (exact) mass is 503 g/mol. The van der Waals surface area contributed by atoms with Gasteiger partial charge in [0.2, 0.25) is 0 Å².